The Morgan fingerprint density at radius 3 is 2.40 bits per heavy atom. The van der Waals surface area contributed by atoms with Crippen LogP contribution in [0.15, 0.2) is 0 Å². The average Bonchev–Trinajstić information content (AvgIpc) is 2.45. The van der Waals surface area contributed by atoms with Gasteiger partial charge in [0.1, 0.15) is 0 Å². The first-order valence-electron chi connectivity index (χ1n) is 5.57. The zero-order chi connectivity index (χ0) is 11.1. The van der Waals surface area contributed by atoms with E-state index >= 15 is 0 Å². The molecule has 2 rings (SSSR count). The van der Waals surface area contributed by atoms with Gasteiger partial charge in [-0.1, -0.05) is 0 Å². The monoisotopic (exact) mass is 210 g/mol. The lowest BCUT2D eigenvalue weighted by Crippen LogP contribution is -2.41. The summed E-state index contributed by atoms with van der Waals surface area (Å²) in [5, 5.41) is 3.28. The SMILES string of the molecule is CN1C(=O)CC(C)(C2CCNCC2)C1=O. The molecule has 2 aliphatic rings. The minimum atomic E-state index is -0.437. The van der Waals surface area contributed by atoms with Crippen LogP contribution in [0.4, 0.5) is 0 Å². The summed E-state index contributed by atoms with van der Waals surface area (Å²) in [6.07, 6.45) is 2.40. The zero-order valence-electron chi connectivity index (χ0n) is 9.38. The summed E-state index contributed by atoms with van der Waals surface area (Å²) in [4.78, 5) is 24.8. The molecule has 0 aromatic heterocycles. The summed E-state index contributed by atoms with van der Waals surface area (Å²) >= 11 is 0. The van der Waals surface area contributed by atoms with Gasteiger partial charge in [-0.15, -0.1) is 0 Å². The van der Waals surface area contributed by atoms with Crippen LogP contribution in [0.3, 0.4) is 0 Å². The van der Waals surface area contributed by atoms with E-state index in [0.29, 0.717) is 12.3 Å². The van der Waals surface area contributed by atoms with E-state index in [2.05, 4.69) is 5.32 Å². The van der Waals surface area contributed by atoms with Gasteiger partial charge in [0.2, 0.25) is 11.8 Å². The van der Waals surface area contributed by atoms with Crippen LogP contribution in [0.25, 0.3) is 0 Å². The normalized spacial score (nSPS) is 33.9. The molecular weight excluding hydrogens is 192 g/mol. The average molecular weight is 210 g/mol. The minimum absolute atomic E-state index is 0.0133. The van der Waals surface area contributed by atoms with Gasteiger partial charge in [0.25, 0.3) is 0 Å². The summed E-state index contributed by atoms with van der Waals surface area (Å²) < 4.78 is 0. The second kappa shape index (κ2) is 3.59. The molecule has 0 spiro atoms. The predicted octanol–water partition coefficient (Wildman–Crippen LogP) is 0.381. The van der Waals surface area contributed by atoms with Gasteiger partial charge >= 0.3 is 0 Å². The molecule has 0 aromatic rings. The number of hydrogen-bond donors (Lipinski definition) is 1. The Hall–Kier alpha value is -0.900. The van der Waals surface area contributed by atoms with Crippen LogP contribution in [0.5, 0.6) is 0 Å². The van der Waals surface area contributed by atoms with Crippen molar-refractivity contribution in [3.05, 3.63) is 0 Å². The minimum Gasteiger partial charge on any atom is -0.317 e. The van der Waals surface area contributed by atoms with Crippen molar-refractivity contribution in [2.24, 2.45) is 11.3 Å². The molecule has 0 aliphatic carbocycles. The van der Waals surface area contributed by atoms with Crippen LogP contribution >= 0.6 is 0 Å². The lowest BCUT2D eigenvalue weighted by atomic mass is 9.71. The molecule has 4 nitrogen and oxygen atoms in total. The summed E-state index contributed by atoms with van der Waals surface area (Å²) in [7, 11) is 1.59. The molecular formula is C11H18N2O2. The van der Waals surface area contributed by atoms with Crippen molar-refractivity contribution in [2.45, 2.75) is 26.2 Å². The Bertz CT molecular complexity index is 297. The van der Waals surface area contributed by atoms with E-state index in [9.17, 15) is 9.59 Å². The van der Waals surface area contributed by atoms with Crippen LogP contribution in [-0.2, 0) is 9.59 Å². The van der Waals surface area contributed by atoms with E-state index in [1.807, 2.05) is 6.92 Å². The van der Waals surface area contributed by atoms with E-state index < -0.39 is 5.41 Å². The third kappa shape index (κ3) is 1.57. The molecule has 2 aliphatic heterocycles. The van der Waals surface area contributed by atoms with Gasteiger partial charge in [-0.25, -0.2) is 0 Å². The largest absolute Gasteiger partial charge is 0.317 e. The van der Waals surface area contributed by atoms with Gasteiger partial charge in [0.05, 0.1) is 5.41 Å². The second-order valence-electron chi connectivity index (χ2n) is 4.88. The fraction of sp³-hybridized carbons (Fsp3) is 0.818. The van der Waals surface area contributed by atoms with Gasteiger partial charge in [-0.05, 0) is 38.8 Å². The number of carbonyl (C=O) groups is 2. The standard InChI is InChI=1S/C11H18N2O2/c1-11(8-3-5-12-6-4-8)7-9(14)13(2)10(11)15/h8,12H,3-7H2,1-2H3. The van der Waals surface area contributed by atoms with Crippen molar-refractivity contribution in [1.82, 2.24) is 10.2 Å². The molecule has 0 bridgehead atoms. The number of nitrogens with one attached hydrogen (secondary N) is 1. The number of carbonyl (C=O) groups excluding carboxylic acids is 2. The number of nitrogens with zero attached hydrogens (tertiary/aromatic N) is 1. The second-order valence-corrected chi connectivity index (χ2v) is 4.88. The molecule has 1 atom stereocenters. The number of rotatable bonds is 1. The van der Waals surface area contributed by atoms with E-state index in [1.54, 1.807) is 7.05 Å². The lowest BCUT2D eigenvalue weighted by molar-refractivity contribution is -0.141. The highest BCUT2D eigenvalue weighted by atomic mass is 16.2. The topological polar surface area (TPSA) is 49.4 Å². The highest BCUT2D eigenvalue weighted by Crippen LogP contribution is 2.42. The van der Waals surface area contributed by atoms with Crippen molar-refractivity contribution in [1.29, 1.82) is 0 Å². The number of piperidine rings is 1. The third-order valence-corrected chi connectivity index (χ3v) is 3.93. The molecule has 2 fully saturated rings. The van der Waals surface area contributed by atoms with E-state index in [1.165, 1.54) is 4.90 Å². The Kier molecular flexibility index (Phi) is 2.54. The molecule has 84 valence electrons. The molecule has 15 heavy (non-hydrogen) atoms. The lowest BCUT2D eigenvalue weighted by Gasteiger charge is -2.34. The van der Waals surface area contributed by atoms with Crippen molar-refractivity contribution >= 4 is 11.8 Å². The van der Waals surface area contributed by atoms with Gasteiger partial charge in [-0.2, -0.15) is 0 Å². The van der Waals surface area contributed by atoms with Crippen molar-refractivity contribution in [2.75, 3.05) is 20.1 Å². The maximum absolute atomic E-state index is 12.0. The van der Waals surface area contributed by atoms with Crippen LogP contribution in [0.2, 0.25) is 0 Å². The molecule has 0 radical (unpaired) electrons. The maximum atomic E-state index is 12.0. The van der Waals surface area contributed by atoms with Gasteiger partial charge in [0, 0.05) is 13.5 Å². The smallest absolute Gasteiger partial charge is 0.235 e. The van der Waals surface area contributed by atoms with Gasteiger partial charge in [-0.3, -0.25) is 14.5 Å². The van der Waals surface area contributed by atoms with Crippen LogP contribution < -0.4 is 5.32 Å². The summed E-state index contributed by atoms with van der Waals surface area (Å²) in [6.45, 7) is 3.88. The molecule has 1 unspecified atom stereocenters. The van der Waals surface area contributed by atoms with Crippen molar-refractivity contribution in [3.8, 4) is 0 Å². The predicted molar refractivity (Wildman–Crippen MR) is 56.1 cm³/mol. The number of likely N-dealkylation sites (tertiary alicyclic amines) is 1. The molecule has 0 saturated carbocycles. The quantitative estimate of drug-likeness (QED) is 0.637. The first-order valence-corrected chi connectivity index (χ1v) is 5.57. The van der Waals surface area contributed by atoms with Gasteiger partial charge < -0.3 is 5.32 Å². The van der Waals surface area contributed by atoms with Crippen LogP contribution in [-0.4, -0.2) is 36.9 Å². The highest BCUT2D eigenvalue weighted by Gasteiger charge is 2.51. The third-order valence-electron chi connectivity index (χ3n) is 3.93. The zero-order valence-corrected chi connectivity index (χ0v) is 9.38. The Balaban J connectivity index is 2.18. The van der Waals surface area contributed by atoms with Gasteiger partial charge in [0.15, 0.2) is 0 Å². The van der Waals surface area contributed by atoms with Crippen molar-refractivity contribution in [3.63, 3.8) is 0 Å². The highest BCUT2D eigenvalue weighted by molar-refractivity contribution is 6.05. The number of imide groups is 1. The first kappa shape index (κ1) is 10.6. The summed E-state index contributed by atoms with van der Waals surface area (Å²) in [6, 6.07) is 0. The maximum Gasteiger partial charge on any atom is 0.235 e. The van der Waals surface area contributed by atoms with E-state index in [0.717, 1.165) is 25.9 Å². The van der Waals surface area contributed by atoms with Crippen molar-refractivity contribution < 1.29 is 9.59 Å². The fourth-order valence-corrected chi connectivity index (χ4v) is 2.78. The summed E-state index contributed by atoms with van der Waals surface area (Å²) in [5.74, 6) is 0.348. The number of hydrogen-bond acceptors (Lipinski definition) is 3. The Morgan fingerprint density at radius 1 is 1.33 bits per heavy atom. The van der Waals surface area contributed by atoms with E-state index in [-0.39, 0.29) is 11.8 Å². The molecule has 2 amide bonds. The first-order chi connectivity index (χ1) is 7.05. The molecule has 4 heteroatoms. The molecule has 0 aromatic carbocycles. The molecule has 2 heterocycles. The van der Waals surface area contributed by atoms with Crippen LogP contribution in [0, 0.1) is 11.3 Å². The Labute approximate surface area is 90.0 Å². The number of amides is 2. The van der Waals surface area contributed by atoms with E-state index in [4.69, 9.17) is 0 Å². The molecule has 2 saturated heterocycles. The van der Waals surface area contributed by atoms with Crippen LogP contribution in [0.1, 0.15) is 26.2 Å². The summed E-state index contributed by atoms with van der Waals surface area (Å²) in [5.41, 5.74) is -0.437. The molecule has 1 N–H and O–H groups in total. The Morgan fingerprint density at radius 2 is 1.93 bits per heavy atom. The fourth-order valence-electron chi connectivity index (χ4n) is 2.78.